The van der Waals surface area contributed by atoms with Crippen molar-refractivity contribution < 1.29 is 34.0 Å². The van der Waals surface area contributed by atoms with Crippen LogP contribution in [0.15, 0.2) is 12.1 Å². The Morgan fingerprint density at radius 2 is 1.83 bits per heavy atom. The highest BCUT2D eigenvalue weighted by molar-refractivity contribution is 6.01. The van der Waals surface area contributed by atoms with Crippen molar-refractivity contribution in [2.75, 3.05) is 7.11 Å². The summed E-state index contributed by atoms with van der Waals surface area (Å²) in [6.07, 6.45) is 0.374. The van der Waals surface area contributed by atoms with Crippen LogP contribution in [-0.2, 0) is 0 Å². The van der Waals surface area contributed by atoms with Gasteiger partial charge in [-0.05, 0) is 25.5 Å². The number of carbonyl (C=O) groups excluding carboxylic acids is 2. The molecule has 2 N–H and O–H groups in total. The van der Waals surface area contributed by atoms with Crippen molar-refractivity contribution in [2.45, 2.75) is 13.8 Å². The maximum absolute atomic E-state index is 12.4. The number of esters is 1. The monoisotopic (exact) mass is 330 g/mol. The van der Waals surface area contributed by atoms with Crippen LogP contribution in [0.3, 0.4) is 0 Å². The van der Waals surface area contributed by atoms with Gasteiger partial charge in [0.25, 0.3) is 0 Å². The fourth-order valence-corrected chi connectivity index (χ4v) is 2.59. The lowest BCUT2D eigenvalue weighted by atomic mass is 10.0. The molecule has 0 saturated carbocycles. The molecule has 2 aromatic rings. The first-order valence-corrected chi connectivity index (χ1v) is 7.01. The summed E-state index contributed by atoms with van der Waals surface area (Å²) in [6, 6.07) is 2.68. The number of hydrogen-bond acceptors (Lipinski definition) is 7. The van der Waals surface area contributed by atoms with E-state index in [9.17, 15) is 19.8 Å². The predicted molar refractivity (Wildman–Crippen MR) is 82.7 cm³/mol. The molecule has 0 aliphatic carbocycles. The maximum atomic E-state index is 12.4. The molecule has 1 aliphatic heterocycles. The Labute approximate surface area is 137 Å². The van der Waals surface area contributed by atoms with E-state index < -0.39 is 5.97 Å². The van der Waals surface area contributed by atoms with E-state index in [1.54, 1.807) is 13.8 Å². The minimum Gasteiger partial charge on any atom is -0.507 e. The van der Waals surface area contributed by atoms with E-state index in [-0.39, 0.29) is 39.9 Å². The molecule has 0 fully saturated rings. The Bertz CT molecular complexity index is 883. The van der Waals surface area contributed by atoms with Crippen LogP contribution in [0.2, 0.25) is 0 Å². The summed E-state index contributed by atoms with van der Waals surface area (Å²) in [7, 11) is 1.41. The summed E-state index contributed by atoms with van der Waals surface area (Å²) < 4.78 is 16.0. The van der Waals surface area contributed by atoms with Gasteiger partial charge in [0.1, 0.15) is 17.1 Å². The molecule has 1 heterocycles. The van der Waals surface area contributed by atoms with E-state index in [4.69, 9.17) is 14.2 Å². The molecule has 3 rings (SSSR count). The second kappa shape index (κ2) is 5.45. The van der Waals surface area contributed by atoms with Gasteiger partial charge in [0.05, 0.1) is 12.7 Å². The Hall–Kier alpha value is -3.22. The van der Waals surface area contributed by atoms with E-state index in [2.05, 4.69) is 0 Å². The second-order valence-corrected chi connectivity index (χ2v) is 5.32. The van der Waals surface area contributed by atoms with Crippen LogP contribution in [0, 0.1) is 13.8 Å². The first-order chi connectivity index (χ1) is 11.4. The van der Waals surface area contributed by atoms with Crippen LogP contribution >= 0.6 is 0 Å². The van der Waals surface area contributed by atoms with Crippen molar-refractivity contribution in [3.63, 3.8) is 0 Å². The predicted octanol–water partition coefficient (Wildman–Crippen LogP) is 2.86. The fraction of sp³-hybridized carbons (Fsp3) is 0.176. The topological polar surface area (TPSA) is 102 Å². The zero-order chi connectivity index (χ0) is 17.6. The van der Waals surface area contributed by atoms with Crippen LogP contribution in [0.5, 0.6) is 34.5 Å². The van der Waals surface area contributed by atoms with Gasteiger partial charge in [-0.2, -0.15) is 0 Å². The summed E-state index contributed by atoms with van der Waals surface area (Å²) in [5.41, 5.74) is 0.546. The van der Waals surface area contributed by atoms with Crippen LogP contribution < -0.4 is 14.2 Å². The molecule has 2 aromatic carbocycles. The van der Waals surface area contributed by atoms with Crippen LogP contribution in [0.4, 0.5) is 0 Å². The average Bonchev–Trinajstić information content (AvgIpc) is 2.67. The number of phenols is 2. The van der Waals surface area contributed by atoms with Crippen molar-refractivity contribution in [2.24, 2.45) is 0 Å². The van der Waals surface area contributed by atoms with Gasteiger partial charge in [0, 0.05) is 11.6 Å². The summed E-state index contributed by atoms with van der Waals surface area (Å²) in [5.74, 6) is -1.42. The molecule has 124 valence electrons. The van der Waals surface area contributed by atoms with Crippen molar-refractivity contribution in [3.05, 3.63) is 34.4 Å². The van der Waals surface area contributed by atoms with Gasteiger partial charge in [-0.25, -0.2) is 4.79 Å². The normalized spacial score (nSPS) is 12.4. The van der Waals surface area contributed by atoms with E-state index in [1.807, 2.05) is 0 Å². The van der Waals surface area contributed by atoms with E-state index in [0.29, 0.717) is 23.2 Å². The zero-order valence-corrected chi connectivity index (χ0v) is 13.2. The molecule has 24 heavy (non-hydrogen) atoms. The van der Waals surface area contributed by atoms with Gasteiger partial charge in [-0.3, -0.25) is 4.79 Å². The smallest absolute Gasteiger partial charge is 0.347 e. The fourth-order valence-electron chi connectivity index (χ4n) is 2.59. The zero-order valence-electron chi connectivity index (χ0n) is 13.2. The number of aldehydes is 1. The summed E-state index contributed by atoms with van der Waals surface area (Å²) in [5, 5.41) is 20.3. The van der Waals surface area contributed by atoms with Gasteiger partial charge >= 0.3 is 5.97 Å². The number of aryl methyl sites for hydroxylation is 1. The van der Waals surface area contributed by atoms with Gasteiger partial charge in [-0.15, -0.1) is 0 Å². The molecule has 0 saturated heterocycles. The van der Waals surface area contributed by atoms with E-state index in [0.717, 1.165) is 0 Å². The Kier molecular flexibility index (Phi) is 3.56. The quantitative estimate of drug-likeness (QED) is 0.496. The Balaban J connectivity index is 2.33. The third kappa shape index (κ3) is 2.13. The third-order valence-electron chi connectivity index (χ3n) is 3.87. The molecule has 1 aliphatic rings. The van der Waals surface area contributed by atoms with Gasteiger partial charge in [0.2, 0.25) is 5.75 Å². The number of rotatable bonds is 2. The molecular formula is C17H14O7. The maximum Gasteiger partial charge on any atom is 0.347 e. The highest BCUT2D eigenvalue weighted by atomic mass is 16.6. The minimum absolute atomic E-state index is 0.00196. The summed E-state index contributed by atoms with van der Waals surface area (Å²) in [6.45, 7) is 3.17. The van der Waals surface area contributed by atoms with E-state index >= 15 is 0 Å². The molecular weight excluding hydrogens is 316 g/mol. The number of phenolic OH excluding ortho intramolecular Hbond substituents is 2. The summed E-state index contributed by atoms with van der Waals surface area (Å²) in [4.78, 5) is 23.8. The van der Waals surface area contributed by atoms with Crippen molar-refractivity contribution in [1.82, 2.24) is 0 Å². The number of methoxy groups -OCH3 is 1. The number of benzene rings is 2. The molecule has 0 amide bonds. The third-order valence-corrected chi connectivity index (χ3v) is 3.87. The number of fused-ring (bicyclic) bond motifs is 2. The van der Waals surface area contributed by atoms with Crippen molar-refractivity contribution in [3.8, 4) is 34.5 Å². The SMILES string of the molecule is COc1cc2c(c(O)c1C)Oc1c(C=O)c(O)cc(C)c1C(=O)O2. The minimum atomic E-state index is -0.769. The summed E-state index contributed by atoms with van der Waals surface area (Å²) >= 11 is 0. The van der Waals surface area contributed by atoms with Crippen LogP contribution in [0.25, 0.3) is 0 Å². The number of hydrogen-bond donors (Lipinski definition) is 2. The van der Waals surface area contributed by atoms with Gasteiger partial charge in [0.15, 0.2) is 23.5 Å². The highest BCUT2D eigenvalue weighted by Crippen LogP contribution is 2.50. The molecule has 0 spiro atoms. The average molecular weight is 330 g/mol. The van der Waals surface area contributed by atoms with Gasteiger partial charge < -0.3 is 24.4 Å². The number of aromatic hydroxyl groups is 2. The molecule has 7 heteroatoms. The largest absolute Gasteiger partial charge is 0.507 e. The molecule has 0 bridgehead atoms. The first kappa shape index (κ1) is 15.7. The molecule has 7 nitrogen and oxygen atoms in total. The lowest BCUT2D eigenvalue weighted by molar-refractivity contribution is 0.0736. The van der Waals surface area contributed by atoms with Crippen molar-refractivity contribution >= 4 is 12.3 Å². The second-order valence-electron chi connectivity index (χ2n) is 5.32. The molecule has 0 radical (unpaired) electrons. The number of ether oxygens (including phenoxy) is 3. The Morgan fingerprint density at radius 1 is 1.12 bits per heavy atom. The molecule has 0 aromatic heterocycles. The molecule has 0 atom stereocenters. The lowest BCUT2D eigenvalue weighted by Crippen LogP contribution is -2.10. The standard InChI is InChI=1S/C17H14O7/c1-7-4-10(19)9(6-18)15-13(7)17(21)23-12-5-11(22-3)8(2)14(20)16(12)24-15/h4-6,19-20H,1-3H3. The highest BCUT2D eigenvalue weighted by Gasteiger charge is 2.32. The molecule has 0 unspecified atom stereocenters. The number of carbonyl (C=O) groups is 2. The lowest BCUT2D eigenvalue weighted by Gasteiger charge is -2.14. The Morgan fingerprint density at radius 3 is 2.46 bits per heavy atom. The van der Waals surface area contributed by atoms with Crippen molar-refractivity contribution in [1.29, 1.82) is 0 Å². The first-order valence-electron chi connectivity index (χ1n) is 7.01. The van der Waals surface area contributed by atoms with Crippen LogP contribution in [-0.4, -0.2) is 29.6 Å². The van der Waals surface area contributed by atoms with Gasteiger partial charge in [-0.1, -0.05) is 0 Å². The van der Waals surface area contributed by atoms with E-state index in [1.165, 1.54) is 19.2 Å². The van der Waals surface area contributed by atoms with Crippen LogP contribution in [0.1, 0.15) is 31.8 Å².